The first-order valence-electron chi connectivity index (χ1n) is 9.53. The van der Waals surface area contributed by atoms with E-state index in [-0.39, 0.29) is 0 Å². The van der Waals surface area contributed by atoms with Gasteiger partial charge in [-0.2, -0.15) is 5.10 Å². The first kappa shape index (κ1) is 18.4. The SMILES string of the molecule is COc1ccc(CNC2CCc3nc(C)nn3C2)cc1OCc1cccnc1. The molecule has 0 saturated heterocycles. The highest BCUT2D eigenvalue weighted by Crippen LogP contribution is 2.29. The van der Waals surface area contributed by atoms with Crippen molar-refractivity contribution in [3.63, 3.8) is 0 Å². The Kier molecular flexibility index (Phi) is 5.53. The van der Waals surface area contributed by atoms with E-state index in [0.717, 1.165) is 60.2 Å². The fraction of sp³-hybridized carbons (Fsp3) is 0.381. The van der Waals surface area contributed by atoms with Crippen LogP contribution in [0, 0.1) is 6.92 Å². The number of hydrogen-bond acceptors (Lipinski definition) is 6. The predicted octanol–water partition coefficient (Wildman–Crippen LogP) is 2.67. The van der Waals surface area contributed by atoms with Gasteiger partial charge >= 0.3 is 0 Å². The normalized spacial score (nSPS) is 15.9. The second-order valence-corrected chi connectivity index (χ2v) is 7.01. The zero-order valence-electron chi connectivity index (χ0n) is 16.3. The topological polar surface area (TPSA) is 74.1 Å². The van der Waals surface area contributed by atoms with Crippen LogP contribution in [0.3, 0.4) is 0 Å². The molecule has 0 saturated carbocycles. The monoisotopic (exact) mass is 379 g/mol. The molecule has 1 atom stereocenters. The summed E-state index contributed by atoms with van der Waals surface area (Å²) in [6.45, 7) is 4.02. The van der Waals surface area contributed by atoms with Crippen molar-refractivity contribution in [1.82, 2.24) is 25.1 Å². The smallest absolute Gasteiger partial charge is 0.161 e. The van der Waals surface area contributed by atoms with Gasteiger partial charge in [0.1, 0.15) is 18.3 Å². The van der Waals surface area contributed by atoms with E-state index >= 15 is 0 Å². The van der Waals surface area contributed by atoms with E-state index in [9.17, 15) is 0 Å². The highest BCUT2D eigenvalue weighted by atomic mass is 16.5. The third-order valence-electron chi connectivity index (χ3n) is 4.90. The second-order valence-electron chi connectivity index (χ2n) is 7.01. The Hall–Kier alpha value is -2.93. The number of rotatable bonds is 7. The summed E-state index contributed by atoms with van der Waals surface area (Å²) in [5.74, 6) is 3.41. The van der Waals surface area contributed by atoms with Crippen molar-refractivity contribution in [2.45, 2.75) is 45.5 Å². The van der Waals surface area contributed by atoms with Crippen molar-refractivity contribution in [3.8, 4) is 11.5 Å². The number of benzene rings is 1. The number of fused-ring (bicyclic) bond motifs is 1. The number of aromatic nitrogens is 4. The Morgan fingerprint density at radius 1 is 1.21 bits per heavy atom. The van der Waals surface area contributed by atoms with Crippen LogP contribution in [-0.2, 0) is 26.1 Å². The lowest BCUT2D eigenvalue weighted by Crippen LogP contribution is -2.37. The fourth-order valence-corrected chi connectivity index (χ4v) is 3.45. The highest BCUT2D eigenvalue weighted by Gasteiger charge is 2.20. The molecule has 0 aliphatic carbocycles. The molecular formula is C21H25N5O2. The fourth-order valence-electron chi connectivity index (χ4n) is 3.45. The zero-order valence-corrected chi connectivity index (χ0v) is 16.3. The van der Waals surface area contributed by atoms with Gasteiger partial charge in [-0.1, -0.05) is 12.1 Å². The van der Waals surface area contributed by atoms with E-state index in [1.54, 1.807) is 19.5 Å². The van der Waals surface area contributed by atoms with Crippen LogP contribution in [0.15, 0.2) is 42.7 Å². The van der Waals surface area contributed by atoms with E-state index in [2.05, 4.69) is 26.4 Å². The van der Waals surface area contributed by atoms with Crippen molar-refractivity contribution in [2.75, 3.05) is 7.11 Å². The van der Waals surface area contributed by atoms with Crippen LogP contribution >= 0.6 is 0 Å². The summed E-state index contributed by atoms with van der Waals surface area (Å²) in [6.07, 6.45) is 5.59. The number of pyridine rings is 1. The maximum absolute atomic E-state index is 5.98. The molecular weight excluding hydrogens is 354 g/mol. The van der Waals surface area contributed by atoms with Gasteiger partial charge in [-0.05, 0) is 37.1 Å². The molecule has 1 aliphatic rings. The van der Waals surface area contributed by atoms with Crippen molar-refractivity contribution in [2.24, 2.45) is 0 Å². The van der Waals surface area contributed by atoms with E-state index in [0.29, 0.717) is 12.6 Å². The van der Waals surface area contributed by atoms with Gasteiger partial charge in [0, 0.05) is 37.0 Å². The third-order valence-corrected chi connectivity index (χ3v) is 4.90. The van der Waals surface area contributed by atoms with Crippen LogP contribution in [0.1, 0.15) is 29.2 Å². The Morgan fingerprint density at radius 2 is 2.14 bits per heavy atom. The standard InChI is InChI=1S/C21H25N5O2/c1-15-24-21-8-6-18(13-26(21)25-15)23-12-16-5-7-19(27-2)20(10-16)28-14-17-4-3-9-22-11-17/h3-5,7,9-11,18,23H,6,8,12-14H2,1-2H3. The summed E-state index contributed by atoms with van der Waals surface area (Å²) in [4.78, 5) is 8.59. The summed E-state index contributed by atoms with van der Waals surface area (Å²) in [7, 11) is 1.66. The molecule has 2 aromatic heterocycles. The molecule has 4 rings (SSSR count). The molecule has 0 fully saturated rings. The number of hydrogen-bond donors (Lipinski definition) is 1. The third kappa shape index (κ3) is 4.31. The summed E-state index contributed by atoms with van der Waals surface area (Å²) < 4.78 is 13.4. The first-order chi connectivity index (χ1) is 13.7. The molecule has 0 amide bonds. The Morgan fingerprint density at radius 3 is 2.96 bits per heavy atom. The quantitative estimate of drug-likeness (QED) is 0.680. The molecule has 1 unspecified atom stereocenters. The highest BCUT2D eigenvalue weighted by molar-refractivity contribution is 5.43. The molecule has 7 heteroatoms. The van der Waals surface area contributed by atoms with Crippen LogP contribution in [0.5, 0.6) is 11.5 Å². The molecule has 1 aromatic carbocycles. The summed E-state index contributed by atoms with van der Waals surface area (Å²) >= 11 is 0. The summed E-state index contributed by atoms with van der Waals surface area (Å²) in [6, 6.07) is 10.3. The van der Waals surface area contributed by atoms with E-state index < -0.39 is 0 Å². The van der Waals surface area contributed by atoms with Gasteiger partial charge in [-0.25, -0.2) is 9.67 Å². The summed E-state index contributed by atoms with van der Waals surface area (Å²) in [5.41, 5.74) is 2.18. The van der Waals surface area contributed by atoms with Gasteiger partial charge in [-0.3, -0.25) is 4.98 Å². The Balaban J connectivity index is 1.38. The van der Waals surface area contributed by atoms with Gasteiger partial charge < -0.3 is 14.8 Å². The molecule has 1 N–H and O–H groups in total. The lowest BCUT2D eigenvalue weighted by atomic mass is 10.1. The lowest BCUT2D eigenvalue weighted by Gasteiger charge is -2.24. The molecule has 3 aromatic rings. The van der Waals surface area contributed by atoms with E-state index in [1.807, 2.05) is 35.9 Å². The molecule has 7 nitrogen and oxygen atoms in total. The number of aryl methyl sites for hydroxylation is 2. The molecule has 0 spiro atoms. The number of methoxy groups -OCH3 is 1. The molecule has 28 heavy (non-hydrogen) atoms. The van der Waals surface area contributed by atoms with Crippen LogP contribution in [0.4, 0.5) is 0 Å². The van der Waals surface area contributed by atoms with Crippen molar-refractivity contribution in [1.29, 1.82) is 0 Å². The molecule has 0 radical (unpaired) electrons. The average Bonchev–Trinajstić information content (AvgIpc) is 3.10. The van der Waals surface area contributed by atoms with Crippen molar-refractivity contribution >= 4 is 0 Å². The van der Waals surface area contributed by atoms with E-state index in [1.165, 1.54) is 0 Å². The largest absolute Gasteiger partial charge is 0.493 e. The van der Waals surface area contributed by atoms with Crippen LogP contribution < -0.4 is 14.8 Å². The van der Waals surface area contributed by atoms with Gasteiger partial charge in [0.25, 0.3) is 0 Å². The number of ether oxygens (including phenoxy) is 2. The van der Waals surface area contributed by atoms with Crippen LogP contribution in [0.2, 0.25) is 0 Å². The van der Waals surface area contributed by atoms with Gasteiger partial charge in [0.15, 0.2) is 11.5 Å². The minimum atomic E-state index is 0.385. The van der Waals surface area contributed by atoms with Crippen LogP contribution in [0.25, 0.3) is 0 Å². The van der Waals surface area contributed by atoms with Gasteiger partial charge in [0.05, 0.1) is 13.7 Å². The lowest BCUT2D eigenvalue weighted by molar-refractivity contribution is 0.283. The zero-order chi connectivity index (χ0) is 19.3. The molecule has 1 aliphatic heterocycles. The average molecular weight is 379 g/mol. The molecule has 3 heterocycles. The molecule has 0 bridgehead atoms. The van der Waals surface area contributed by atoms with Gasteiger partial charge in [-0.15, -0.1) is 0 Å². The number of nitrogens with one attached hydrogen (secondary N) is 1. The van der Waals surface area contributed by atoms with E-state index in [4.69, 9.17) is 9.47 Å². The number of nitrogens with zero attached hydrogens (tertiary/aromatic N) is 4. The van der Waals surface area contributed by atoms with Crippen LogP contribution in [-0.4, -0.2) is 32.9 Å². The summed E-state index contributed by atoms with van der Waals surface area (Å²) in [5, 5.41) is 8.10. The molecule has 146 valence electrons. The Bertz CT molecular complexity index is 926. The minimum Gasteiger partial charge on any atom is -0.493 e. The van der Waals surface area contributed by atoms with Crippen molar-refractivity contribution in [3.05, 3.63) is 65.5 Å². The maximum Gasteiger partial charge on any atom is 0.161 e. The van der Waals surface area contributed by atoms with Crippen molar-refractivity contribution < 1.29 is 9.47 Å². The second kappa shape index (κ2) is 8.39. The Labute approximate surface area is 164 Å². The van der Waals surface area contributed by atoms with Gasteiger partial charge in [0.2, 0.25) is 0 Å². The minimum absolute atomic E-state index is 0.385. The predicted molar refractivity (Wildman–Crippen MR) is 105 cm³/mol. The maximum atomic E-state index is 5.98. The first-order valence-corrected chi connectivity index (χ1v) is 9.53.